The van der Waals surface area contributed by atoms with E-state index in [0.717, 1.165) is 41.4 Å². The number of esters is 1. The third kappa shape index (κ3) is 6.19. The van der Waals surface area contributed by atoms with Crippen LogP contribution in [0.25, 0.3) is 0 Å². The highest BCUT2D eigenvalue weighted by atomic mass is 32.2. The van der Waals surface area contributed by atoms with E-state index in [1.807, 2.05) is 20.1 Å². The Labute approximate surface area is 166 Å². The lowest BCUT2D eigenvalue weighted by atomic mass is 9.86. The molecule has 1 aliphatic rings. The summed E-state index contributed by atoms with van der Waals surface area (Å²) in [6.07, 6.45) is 6.38. The zero-order chi connectivity index (χ0) is 20.0. The third-order valence-corrected chi connectivity index (χ3v) is 5.83. The molecule has 0 aliphatic heterocycles. The van der Waals surface area contributed by atoms with Gasteiger partial charge in [0.05, 0.1) is 0 Å². The summed E-state index contributed by atoms with van der Waals surface area (Å²) in [5.41, 5.74) is 2.74. The van der Waals surface area contributed by atoms with Gasteiger partial charge in [0, 0.05) is 23.9 Å². The number of nitrogens with zero attached hydrogens (tertiary/aromatic N) is 2. The fourth-order valence-electron chi connectivity index (χ4n) is 3.53. The zero-order valence-corrected chi connectivity index (χ0v) is 17.8. The molecule has 2 rings (SSSR count). The average molecular weight is 394 g/mol. The van der Waals surface area contributed by atoms with Gasteiger partial charge in [-0.15, -0.1) is 0 Å². The fourth-order valence-corrected chi connectivity index (χ4v) is 3.99. The summed E-state index contributed by atoms with van der Waals surface area (Å²) in [5.74, 6) is -0.106. The predicted molar refractivity (Wildman–Crippen MR) is 107 cm³/mol. The summed E-state index contributed by atoms with van der Waals surface area (Å²) >= 11 is 1.50. The van der Waals surface area contributed by atoms with E-state index in [1.54, 1.807) is 6.92 Å². The van der Waals surface area contributed by atoms with E-state index in [-0.39, 0.29) is 24.3 Å². The molecular weight excluding hydrogens is 362 g/mol. The molecule has 150 valence electrons. The lowest BCUT2D eigenvalue weighted by Gasteiger charge is -2.30. The first-order valence-corrected chi connectivity index (χ1v) is 10.9. The number of hydrogen-bond donors (Lipinski definition) is 1. The van der Waals surface area contributed by atoms with E-state index in [2.05, 4.69) is 22.2 Å². The summed E-state index contributed by atoms with van der Waals surface area (Å²) in [7, 11) is 0. The Hall–Kier alpha value is -1.63. The molecule has 0 bridgehead atoms. The lowest BCUT2D eigenvalue weighted by Crippen LogP contribution is -2.46. The molecule has 0 aromatic carbocycles. The van der Waals surface area contributed by atoms with Gasteiger partial charge in [-0.25, -0.2) is 9.97 Å². The molecular formula is C20H31N3O3S. The Morgan fingerprint density at radius 2 is 1.85 bits per heavy atom. The van der Waals surface area contributed by atoms with Crippen LogP contribution in [0, 0.1) is 19.8 Å². The maximum absolute atomic E-state index is 12.3. The van der Waals surface area contributed by atoms with Gasteiger partial charge in [0.15, 0.2) is 11.3 Å². The third-order valence-electron chi connectivity index (χ3n) is 5.28. The van der Waals surface area contributed by atoms with Crippen LogP contribution in [0.15, 0.2) is 5.16 Å². The van der Waals surface area contributed by atoms with Crippen LogP contribution in [0.5, 0.6) is 0 Å². The molecule has 1 aliphatic carbocycles. The molecule has 1 aromatic rings. The van der Waals surface area contributed by atoms with E-state index in [1.165, 1.54) is 18.2 Å². The van der Waals surface area contributed by atoms with E-state index in [9.17, 15) is 9.59 Å². The first-order chi connectivity index (χ1) is 12.8. The maximum atomic E-state index is 12.3. The largest absolute Gasteiger partial charge is 0.453 e. The standard InChI is InChI=1S/C20H31N3O3S/c1-12-8-6-7-9-17(12)23-19(25)15(4)26-18(24)11-10-16-13(2)21-20(27-5)22-14(16)3/h12,15,17H,6-11H2,1-5H3,(H,23,25)/t12-,15-,17-/m0/s1. The molecule has 3 atom stereocenters. The molecule has 1 saturated carbocycles. The molecule has 0 spiro atoms. The molecule has 1 aromatic heterocycles. The first-order valence-electron chi connectivity index (χ1n) is 9.69. The highest BCUT2D eigenvalue weighted by Crippen LogP contribution is 2.24. The molecule has 0 radical (unpaired) electrons. The van der Waals surface area contributed by atoms with Crippen molar-refractivity contribution in [2.24, 2.45) is 5.92 Å². The van der Waals surface area contributed by atoms with Crippen molar-refractivity contribution in [1.29, 1.82) is 0 Å². The van der Waals surface area contributed by atoms with Crippen molar-refractivity contribution >= 4 is 23.6 Å². The molecule has 1 fully saturated rings. The number of thioether (sulfide) groups is 1. The van der Waals surface area contributed by atoms with Crippen LogP contribution in [0.2, 0.25) is 0 Å². The van der Waals surface area contributed by atoms with E-state index in [4.69, 9.17) is 4.74 Å². The van der Waals surface area contributed by atoms with E-state index < -0.39 is 6.10 Å². The number of rotatable bonds is 7. The maximum Gasteiger partial charge on any atom is 0.306 e. The summed E-state index contributed by atoms with van der Waals surface area (Å²) in [4.78, 5) is 33.4. The molecule has 1 heterocycles. The van der Waals surface area contributed by atoms with E-state index in [0.29, 0.717) is 12.3 Å². The monoisotopic (exact) mass is 393 g/mol. The number of carbonyl (C=O) groups is 2. The molecule has 1 amide bonds. The Balaban J connectivity index is 1.83. The van der Waals surface area contributed by atoms with Crippen LogP contribution >= 0.6 is 11.8 Å². The summed E-state index contributed by atoms with van der Waals surface area (Å²) in [6, 6.07) is 0.185. The minimum Gasteiger partial charge on any atom is -0.453 e. The number of nitrogens with one attached hydrogen (secondary N) is 1. The Kier molecular flexibility index (Phi) is 8.07. The zero-order valence-electron chi connectivity index (χ0n) is 17.0. The van der Waals surface area contributed by atoms with Crippen LogP contribution in [0.3, 0.4) is 0 Å². The molecule has 7 heteroatoms. The van der Waals surface area contributed by atoms with Gasteiger partial charge in [0.1, 0.15) is 0 Å². The van der Waals surface area contributed by atoms with Crippen LogP contribution in [-0.2, 0) is 20.7 Å². The van der Waals surface area contributed by atoms with Crippen molar-refractivity contribution in [2.75, 3.05) is 6.26 Å². The molecule has 0 saturated heterocycles. The minimum atomic E-state index is -0.774. The Bertz CT molecular complexity index is 657. The quantitative estimate of drug-likeness (QED) is 0.434. The number of amides is 1. The van der Waals surface area contributed by atoms with Gasteiger partial charge >= 0.3 is 5.97 Å². The lowest BCUT2D eigenvalue weighted by molar-refractivity contribution is -0.155. The van der Waals surface area contributed by atoms with Crippen LogP contribution in [0.4, 0.5) is 0 Å². The molecule has 0 unspecified atom stereocenters. The number of carbonyl (C=O) groups excluding carboxylic acids is 2. The Morgan fingerprint density at radius 1 is 1.22 bits per heavy atom. The van der Waals surface area contributed by atoms with Gasteiger partial charge < -0.3 is 10.1 Å². The van der Waals surface area contributed by atoms with Gasteiger partial charge in [0.25, 0.3) is 5.91 Å². The van der Waals surface area contributed by atoms with Crippen molar-refractivity contribution in [2.45, 2.75) is 83.5 Å². The summed E-state index contributed by atoms with van der Waals surface area (Å²) < 4.78 is 5.34. The number of hydrogen-bond acceptors (Lipinski definition) is 6. The van der Waals surface area contributed by atoms with Crippen molar-refractivity contribution in [3.8, 4) is 0 Å². The van der Waals surface area contributed by atoms with Crippen molar-refractivity contribution < 1.29 is 14.3 Å². The normalized spacial score (nSPS) is 20.8. The second-order valence-electron chi connectivity index (χ2n) is 7.37. The summed E-state index contributed by atoms with van der Waals surface area (Å²) in [5, 5.41) is 3.77. The van der Waals surface area contributed by atoms with E-state index >= 15 is 0 Å². The van der Waals surface area contributed by atoms with Crippen LogP contribution in [0.1, 0.15) is 62.9 Å². The number of ether oxygens (including phenoxy) is 1. The highest BCUT2D eigenvalue weighted by molar-refractivity contribution is 7.98. The molecule has 6 nitrogen and oxygen atoms in total. The van der Waals surface area contributed by atoms with Crippen molar-refractivity contribution in [3.63, 3.8) is 0 Å². The summed E-state index contributed by atoms with van der Waals surface area (Å²) in [6.45, 7) is 7.65. The highest BCUT2D eigenvalue weighted by Gasteiger charge is 2.26. The molecule has 27 heavy (non-hydrogen) atoms. The minimum absolute atomic E-state index is 0.185. The molecule has 1 N–H and O–H groups in total. The Morgan fingerprint density at radius 3 is 2.44 bits per heavy atom. The predicted octanol–water partition coefficient (Wildman–Crippen LogP) is 3.37. The van der Waals surface area contributed by atoms with Crippen LogP contribution < -0.4 is 5.32 Å². The van der Waals surface area contributed by atoms with Crippen molar-refractivity contribution in [3.05, 3.63) is 17.0 Å². The fraction of sp³-hybridized carbons (Fsp3) is 0.700. The number of aryl methyl sites for hydroxylation is 2. The van der Waals surface area contributed by atoms with Gasteiger partial charge in [-0.2, -0.15) is 0 Å². The topological polar surface area (TPSA) is 81.2 Å². The van der Waals surface area contributed by atoms with Crippen molar-refractivity contribution in [1.82, 2.24) is 15.3 Å². The average Bonchev–Trinajstić information content (AvgIpc) is 2.62. The van der Waals surface area contributed by atoms with Gasteiger partial charge in [-0.05, 0) is 57.8 Å². The number of aromatic nitrogens is 2. The SMILES string of the molecule is CSc1nc(C)c(CCC(=O)O[C@@H](C)C(=O)N[C@H]2CCCC[C@@H]2C)c(C)n1. The smallest absolute Gasteiger partial charge is 0.306 e. The second kappa shape index (κ2) is 10.1. The van der Waals surface area contributed by atoms with Gasteiger partial charge in [-0.3, -0.25) is 9.59 Å². The first kappa shape index (κ1) is 21.7. The second-order valence-corrected chi connectivity index (χ2v) is 8.14. The van der Waals surface area contributed by atoms with Crippen LogP contribution in [-0.4, -0.2) is 40.2 Å². The van der Waals surface area contributed by atoms with Gasteiger partial charge in [0.2, 0.25) is 0 Å². The van der Waals surface area contributed by atoms with Gasteiger partial charge in [-0.1, -0.05) is 31.5 Å².